The number of nitrogens with zero attached hydrogens (tertiary/aromatic N) is 1. The Balaban J connectivity index is 1.06. The molecule has 4 aliphatic carbocycles. The second-order valence-electron chi connectivity index (χ2n) is 15.8. The van der Waals surface area contributed by atoms with Crippen molar-refractivity contribution in [3.63, 3.8) is 0 Å². The van der Waals surface area contributed by atoms with Crippen LogP contribution in [0.1, 0.15) is 84.3 Å². The maximum Gasteiger partial charge on any atom is 0.481 e. The Labute approximate surface area is 273 Å². The zero-order chi connectivity index (χ0) is 32.3. The summed E-state index contributed by atoms with van der Waals surface area (Å²) < 4.78 is 13.5. The van der Waals surface area contributed by atoms with Crippen LogP contribution in [0.2, 0.25) is 0 Å². The van der Waals surface area contributed by atoms with E-state index in [1.807, 2.05) is 60.7 Å². The lowest BCUT2D eigenvalue weighted by Crippen LogP contribution is -2.65. The van der Waals surface area contributed by atoms with Crippen LogP contribution >= 0.6 is 0 Å². The Morgan fingerprint density at radius 1 is 0.978 bits per heavy atom. The van der Waals surface area contributed by atoms with Gasteiger partial charge in [0, 0.05) is 12.8 Å². The summed E-state index contributed by atoms with van der Waals surface area (Å²) in [7, 11) is -0.529. The van der Waals surface area contributed by atoms with Gasteiger partial charge < -0.3 is 24.8 Å². The molecule has 0 radical (unpaired) electrons. The van der Waals surface area contributed by atoms with Gasteiger partial charge in [-0.05, 0) is 73.3 Å². The van der Waals surface area contributed by atoms with Gasteiger partial charge in [-0.1, -0.05) is 93.5 Å². The van der Waals surface area contributed by atoms with Gasteiger partial charge in [-0.3, -0.25) is 9.59 Å². The lowest BCUT2D eigenvalue weighted by molar-refractivity contribution is -0.199. The number of rotatable bonds is 11. The predicted octanol–water partition coefficient (Wildman–Crippen LogP) is 5.39. The second kappa shape index (κ2) is 11.5. The molecule has 1 saturated heterocycles. The molecule has 2 amide bonds. The first-order valence-electron chi connectivity index (χ1n) is 17.2. The molecule has 2 N–H and O–H groups in total. The first-order chi connectivity index (χ1) is 21.9. The van der Waals surface area contributed by atoms with Crippen LogP contribution < -0.4 is 10.6 Å². The molecule has 5 fully saturated rings. The minimum Gasteiger partial charge on any atom is -0.404 e. The van der Waals surface area contributed by atoms with Gasteiger partial charge in [0.1, 0.15) is 0 Å². The van der Waals surface area contributed by atoms with Crippen LogP contribution in [0, 0.1) is 23.2 Å². The smallest absolute Gasteiger partial charge is 0.404 e. The maximum absolute atomic E-state index is 14.4. The largest absolute Gasteiger partial charge is 0.481 e. The van der Waals surface area contributed by atoms with Crippen molar-refractivity contribution in [2.24, 2.45) is 28.3 Å². The molecule has 244 valence electrons. The third-order valence-electron chi connectivity index (χ3n) is 11.9. The van der Waals surface area contributed by atoms with Crippen molar-refractivity contribution in [3.05, 3.63) is 71.8 Å². The topological polar surface area (TPSA) is 98.3 Å². The van der Waals surface area contributed by atoms with Gasteiger partial charge in [-0.15, -0.1) is 0 Å². The lowest BCUT2D eigenvalue weighted by Gasteiger charge is -2.64. The summed E-state index contributed by atoms with van der Waals surface area (Å²) in [4.78, 5) is 33.9. The van der Waals surface area contributed by atoms with Gasteiger partial charge in [0.05, 0.1) is 35.3 Å². The molecular weight excluding hydrogens is 577 g/mol. The summed E-state index contributed by atoms with van der Waals surface area (Å²) in [5.41, 5.74) is 0.826. The summed E-state index contributed by atoms with van der Waals surface area (Å²) in [5, 5.41) is 10.8. The Morgan fingerprint density at radius 2 is 1.67 bits per heavy atom. The van der Waals surface area contributed by atoms with Crippen molar-refractivity contribution in [1.82, 2.24) is 10.6 Å². The SMILES string of the molecule is CC(C)C[C@H](NC(=O)C1(Cc2ccccc2)CC(CNC(=O)C2(c3ccccc3)CC2)=NO1)B1O[C@@H]2C[C@@H]3C[C@@H](C3(C)C)[C@]2(C)O1. The average molecular weight is 626 g/mol. The van der Waals surface area contributed by atoms with E-state index in [2.05, 4.69) is 50.4 Å². The first kappa shape index (κ1) is 31.4. The van der Waals surface area contributed by atoms with Crippen molar-refractivity contribution in [2.45, 2.75) is 108 Å². The van der Waals surface area contributed by atoms with Crippen molar-refractivity contribution < 1.29 is 23.7 Å². The van der Waals surface area contributed by atoms with Crippen LogP contribution in [-0.4, -0.2) is 54.4 Å². The third-order valence-corrected chi connectivity index (χ3v) is 11.9. The standard InChI is InChI=1S/C37H48BN3O5/c1-24(2)18-31(38-44-30-20-27-19-29(34(27,3)4)35(30,5)45-38)40-33(43)37(21-25-12-8-6-9-13-25)22-28(41-46-37)23-39-32(42)36(16-17-36)26-14-10-7-11-15-26/h6-15,24,27,29-31H,16-23H2,1-5H3,(H,39,42)(H,40,43)/t27-,29-,30+,31-,35-,37?/m0/s1. The highest BCUT2D eigenvalue weighted by molar-refractivity contribution is 6.48. The van der Waals surface area contributed by atoms with Crippen molar-refractivity contribution in [2.75, 3.05) is 6.54 Å². The molecule has 2 heterocycles. The molecule has 8 nitrogen and oxygen atoms in total. The highest BCUT2D eigenvalue weighted by Crippen LogP contribution is 2.65. The number of nitrogens with one attached hydrogen (secondary N) is 2. The number of carbonyl (C=O) groups excluding carboxylic acids is 2. The summed E-state index contributed by atoms with van der Waals surface area (Å²) in [6, 6.07) is 19.8. The number of benzene rings is 2. The van der Waals surface area contributed by atoms with E-state index in [1.165, 1.54) is 6.42 Å². The zero-order valence-corrected chi connectivity index (χ0v) is 27.9. The van der Waals surface area contributed by atoms with Crippen LogP contribution in [-0.2, 0) is 35.6 Å². The fraction of sp³-hybridized carbons (Fsp3) is 0.595. The van der Waals surface area contributed by atoms with Crippen molar-refractivity contribution in [1.29, 1.82) is 0 Å². The van der Waals surface area contributed by atoms with Crippen LogP contribution in [0.3, 0.4) is 0 Å². The maximum atomic E-state index is 14.4. The van der Waals surface area contributed by atoms with E-state index in [4.69, 9.17) is 14.1 Å². The number of hydrogen-bond donors (Lipinski definition) is 2. The fourth-order valence-electron chi connectivity index (χ4n) is 8.86. The molecule has 8 rings (SSSR count). The fourth-order valence-corrected chi connectivity index (χ4v) is 8.86. The van der Waals surface area contributed by atoms with Crippen LogP contribution in [0.25, 0.3) is 0 Å². The Hall–Kier alpha value is -3.17. The lowest BCUT2D eigenvalue weighted by atomic mass is 9.43. The van der Waals surface area contributed by atoms with E-state index in [0.29, 0.717) is 36.3 Å². The molecule has 0 spiro atoms. The predicted molar refractivity (Wildman–Crippen MR) is 178 cm³/mol. The van der Waals surface area contributed by atoms with Gasteiger partial charge in [0.15, 0.2) is 0 Å². The molecule has 4 saturated carbocycles. The van der Waals surface area contributed by atoms with Crippen LogP contribution in [0.5, 0.6) is 0 Å². The monoisotopic (exact) mass is 625 g/mol. The van der Waals surface area contributed by atoms with Crippen molar-refractivity contribution >= 4 is 24.6 Å². The summed E-state index contributed by atoms with van der Waals surface area (Å²) >= 11 is 0. The molecule has 2 aromatic carbocycles. The van der Waals surface area contributed by atoms with E-state index < -0.39 is 18.1 Å². The number of oxime groups is 1. The average Bonchev–Trinajstić information content (AvgIpc) is 3.62. The first-order valence-corrected chi connectivity index (χ1v) is 17.2. The quantitative estimate of drug-likeness (QED) is 0.327. The van der Waals surface area contributed by atoms with Gasteiger partial charge in [-0.25, -0.2) is 0 Å². The molecule has 2 bridgehead atoms. The van der Waals surface area contributed by atoms with E-state index in [-0.39, 0.29) is 47.8 Å². The minimum atomic E-state index is -1.24. The zero-order valence-electron chi connectivity index (χ0n) is 27.9. The Morgan fingerprint density at radius 3 is 2.33 bits per heavy atom. The molecule has 0 aromatic heterocycles. The minimum absolute atomic E-state index is 0.00465. The summed E-state index contributed by atoms with van der Waals surface area (Å²) in [6.07, 6.45) is 5.21. The van der Waals surface area contributed by atoms with Crippen LogP contribution in [0.15, 0.2) is 65.8 Å². The second-order valence-corrected chi connectivity index (χ2v) is 15.8. The Kier molecular flexibility index (Phi) is 7.87. The van der Waals surface area contributed by atoms with E-state index in [9.17, 15) is 9.59 Å². The molecule has 6 aliphatic rings. The molecule has 46 heavy (non-hydrogen) atoms. The summed E-state index contributed by atoms with van der Waals surface area (Å²) in [5.74, 6) is 0.830. The number of carbonyl (C=O) groups is 2. The molecule has 2 aromatic rings. The summed E-state index contributed by atoms with van der Waals surface area (Å²) in [6.45, 7) is 11.5. The van der Waals surface area contributed by atoms with Crippen molar-refractivity contribution in [3.8, 4) is 0 Å². The van der Waals surface area contributed by atoms with E-state index in [1.54, 1.807) is 0 Å². The van der Waals surface area contributed by atoms with Gasteiger partial charge >= 0.3 is 7.12 Å². The molecule has 2 aliphatic heterocycles. The molecular formula is C37H48BN3O5. The molecule has 9 heteroatoms. The highest BCUT2D eigenvalue weighted by atomic mass is 16.7. The van der Waals surface area contributed by atoms with Crippen LogP contribution in [0.4, 0.5) is 0 Å². The van der Waals surface area contributed by atoms with Gasteiger partial charge in [-0.2, -0.15) is 0 Å². The molecule has 6 atom stereocenters. The Bertz CT molecular complexity index is 1490. The molecule has 1 unspecified atom stereocenters. The van der Waals surface area contributed by atoms with Gasteiger partial charge in [0.25, 0.3) is 5.91 Å². The van der Waals surface area contributed by atoms with E-state index >= 15 is 0 Å². The highest BCUT2D eigenvalue weighted by Gasteiger charge is 2.68. The number of amides is 2. The normalized spacial score (nSPS) is 32.1. The third kappa shape index (κ3) is 5.37. The van der Waals surface area contributed by atoms with Gasteiger partial charge in [0.2, 0.25) is 11.5 Å². The number of hydrogen-bond acceptors (Lipinski definition) is 6. The van der Waals surface area contributed by atoms with E-state index in [0.717, 1.165) is 30.4 Å².